The molecule has 0 amide bonds. The van der Waals surface area contributed by atoms with Gasteiger partial charge in [0.1, 0.15) is 6.29 Å². The molecule has 0 aliphatic rings. The molecule has 0 rings (SSSR count). The Morgan fingerprint density at radius 1 is 1.13 bits per heavy atom. The molecule has 0 fully saturated rings. The lowest BCUT2D eigenvalue weighted by Crippen LogP contribution is -2.27. The zero-order chi connectivity index (χ0) is 12.1. The van der Waals surface area contributed by atoms with Gasteiger partial charge in [-0.25, -0.2) is 0 Å². The van der Waals surface area contributed by atoms with Gasteiger partial charge in [0.2, 0.25) is 0 Å². The lowest BCUT2D eigenvalue weighted by Gasteiger charge is -2.12. The van der Waals surface area contributed by atoms with Gasteiger partial charge in [-0.15, -0.1) is 0 Å². The molecule has 0 aliphatic carbocycles. The Morgan fingerprint density at radius 3 is 1.53 bits per heavy atom. The summed E-state index contributed by atoms with van der Waals surface area (Å²) in [6.45, 7) is 12.8. The zero-order valence-electron chi connectivity index (χ0n) is 10.1. The highest BCUT2D eigenvalue weighted by molar-refractivity contribution is 6.36. The van der Waals surface area contributed by atoms with Crippen molar-refractivity contribution >= 4 is 15.8 Å². The average Bonchev–Trinajstić information content (AvgIpc) is 2.20. The molecule has 0 aliphatic heterocycles. The summed E-state index contributed by atoms with van der Waals surface area (Å²) in [7, 11) is -1.73. The molecular weight excluding hydrogens is 212 g/mol. The summed E-state index contributed by atoms with van der Waals surface area (Å²) >= 11 is 0. The number of hydrogen-bond donors (Lipinski definition) is 0. The van der Waals surface area contributed by atoms with Gasteiger partial charge in [0.15, 0.2) is 0 Å². The summed E-state index contributed by atoms with van der Waals surface area (Å²) in [5.41, 5.74) is 0.574. The van der Waals surface area contributed by atoms with Gasteiger partial charge >= 0.3 is 9.53 Å². The van der Waals surface area contributed by atoms with E-state index in [2.05, 4.69) is 6.58 Å². The third-order valence-corrected chi connectivity index (χ3v) is 2.93. The van der Waals surface area contributed by atoms with E-state index in [0.717, 1.165) is 6.29 Å². The van der Waals surface area contributed by atoms with Gasteiger partial charge in [0.25, 0.3) is 0 Å². The minimum atomic E-state index is -1.73. The summed E-state index contributed by atoms with van der Waals surface area (Å²) in [5.74, 6) is 0. The van der Waals surface area contributed by atoms with Crippen molar-refractivity contribution in [3.63, 3.8) is 0 Å². The van der Waals surface area contributed by atoms with E-state index < -0.39 is 9.53 Å². The van der Waals surface area contributed by atoms with Crippen LogP contribution in [0.5, 0.6) is 0 Å². The van der Waals surface area contributed by atoms with Crippen LogP contribution in [0.2, 0.25) is 0 Å². The van der Waals surface area contributed by atoms with E-state index in [1.165, 1.54) is 0 Å². The Kier molecular flexibility index (Phi) is 15.2. The summed E-state index contributed by atoms with van der Waals surface area (Å²) in [6.07, 6.45) is 0.722. The molecule has 0 heterocycles. The van der Waals surface area contributed by atoms with Crippen molar-refractivity contribution in [2.45, 2.75) is 27.7 Å². The maximum absolute atomic E-state index is 9.41. The summed E-state index contributed by atoms with van der Waals surface area (Å²) in [4.78, 5) is 9.41. The second kappa shape index (κ2) is 13.5. The zero-order valence-corrected chi connectivity index (χ0v) is 11.3. The van der Waals surface area contributed by atoms with E-state index in [1.54, 1.807) is 6.92 Å². The lowest BCUT2D eigenvalue weighted by atomic mass is 10.4. The highest BCUT2D eigenvalue weighted by atomic mass is 28.3. The molecule has 0 radical (unpaired) electrons. The third-order valence-electron chi connectivity index (χ3n) is 1.11. The smallest absolute Gasteiger partial charge is 0.376 e. The van der Waals surface area contributed by atoms with Crippen LogP contribution < -0.4 is 0 Å². The quantitative estimate of drug-likeness (QED) is 0.381. The van der Waals surface area contributed by atoms with Crippen LogP contribution in [0.1, 0.15) is 27.7 Å². The van der Waals surface area contributed by atoms with Crippen LogP contribution in [0.15, 0.2) is 12.2 Å². The van der Waals surface area contributed by atoms with Crippen LogP contribution in [0.4, 0.5) is 0 Å². The molecule has 0 N–H and O–H groups in total. The Balaban J connectivity index is 0. The van der Waals surface area contributed by atoms with Crippen molar-refractivity contribution in [1.29, 1.82) is 0 Å². The molecule has 90 valence electrons. The van der Waals surface area contributed by atoms with Crippen molar-refractivity contribution in [3.05, 3.63) is 12.2 Å². The van der Waals surface area contributed by atoms with Crippen molar-refractivity contribution in [1.82, 2.24) is 0 Å². The Bertz CT molecular complexity index is 147. The van der Waals surface area contributed by atoms with Crippen LogP contribution >= 0.6 is 0 Å². The van der Waals surface area contributed by atoms with E-state index in [-0.39, 0.29) is 0 Å². The van der Waals surface area contributed by atoms with E-state index >= 15 is 0 Å². The molecule has 0 atom stereocenters. The van der Waals surface area contributed by atoms with Gasteiger partial charge in [0, 0.05) is 19.8 Å². The molecule has 0 saturated carbocycles. The van der Waals surface area contributed by atoms with Crippen molar-refractivity contribution < 1.29 is 18.1 Å². The van der Waals surface area contributed by atoms with Crippen molar-refractivity contribution in [2.75, 3.05) is 19.8 Å². The van der Waals surface area contributed by atoms with Crippen LogP contribution in [-0.2, 0) is 18.1 Å². The number of allylic oxidation sites excluding steroid dienone is 1. The molecular formula is C10H22O4Si. The van der Waals surface area contributed by atoms with E-state index in [0.29, 0.717) is 25.4 Å². The topological polar surface area (TPSA) is 44.8 Å². The number of carbonyl (C=O) groups is 1. The van der Waals surface area contributed by atoms with Gasteiger partial charge < -0.3 is 13.3 Å². The summed E-state index contributed by atoms with van der Waals surface area (Å²) in [5, 5.41) is 0. The predicted octanol–water partition coefficient (Wildman–Crippen LogP) is 1.57. The summed E-state index contributed by atoms with van der Waals surface area (Å²) in [6, 6.07) is 0. The van der Waals surface area contributed by atoms with Gasteiger partial charge in [-0.3, -0.25) is 4.79 Å². The minimum absolute atomic E-state index is 0.574. The fourth-order valence-electron chi connectivity index (χ4n) is 0.553. The predicted molar refractivity (Wildman–Crippen MR) is 62.9 cm³/mol. The van der Waals surface area contributed by atoms with Crippen LogP contribution in [-0.4, -0.2) is 35.6 Å². The van der Waals surface area contributed by atoms with Gasteiger partial charge in [-0.2, -0.15) is 0 Å². The second-order valence-corrected chi connectivity index (χ2v) is 4.20. The molecule has 0 aromatic heterocycles. The maximum atomic E-state index is 9.41. The lowest BCUT2D eigenvalue weighted by molar-refractivity contribution is -0.104. The van der Waals surface area contributed by atoms with Crippen LogP contribution in [0, 0.1) is 0 Å². The van der Waals surface area contributed by atoms with Crippen LogP contribution in [0.3, 0.4) is 0 Å². The highest BCUT2D eigenvalue weighted by Gasteiger charge is 2.11. The second-order valence-electron chi connectivity index (χ2n) is 2.62. The Morgan fingerprint density at radius 2 is 1.40 bits per heavy atom. The molecule has 4 nitrogen and oxygen atoms in total. The number of carbonyl (C=O) groups excluding carboxylic acids is 1. The molecule has 0 saturated heterocycles. The molecule has 5 heteroatoms. The van der Waals surface area contributed by atoms with Crippen LogP contribution in [0.25, 0.3) is 0 Å². The first-order valence-corrected chi connectivity index (χ1v) is 6.49. The summed E-state index contributed by atoms with van der Waals surface area (Å²) < 4.78 is 15.7. The first-order valence-electron chi connectivity index (χ1n) is 5.07. The molecule has 0 bridgehead atoms. The molecule has 0 aromatic carbocycles. The Hall–Kier alpha value is -0.493. The Labute approximate surface area is 94.2 Å². The van der Waals surface area contributed by atoms with E-state index in [9.17, 15) is 4.79 Å². The number of rotatable bonds is 7. The largest absolute Gasteiger partial charge is 0.484 e. The number of hydrogen-bond acceptors (Lipinski definition) is 4. The molecule has 0 unspecified atom stereocenters. The van der Waals surface area contributed by atoms with Crippen molar-refractivity contribution in [2.24, 2.45) is 0 Å². The fraction of sp³-hybridized carbons (Fsp3) is 0.700. The highest BCUT2D eigenvalue weighted by Crippen LogP contribution is 1.91. The van der Waals surface area contributed by atoms with Gasteiger partial charge in [-0.1, -0.05) is 6.58 Å². The first-order chi connectivity index (χ1) is 7.12. The third kappa shape index (κ3) is 16.2. The molecule has 15 heavy (non-hydrogen) atoms. The molecule has 0 aromatic rings. The van der Waals surface area contributed by atoms with E-state index in [1.807, 2.05) is 20.8 Å². The van der Waals surface area contributed by atoms with Crippen molar-refractivity contribution in [3.8, 4) is 0 Å². The first kappa shape index (κ1) is 16.9. The van der Waals surface area contributed by atoms with E-state index in [4.69, 9.17) is 13.3 Å². The normalized spacial score (nSPS) is 9.40. The number of aldehydes is 1. The van der Waals surface area contributed by atoms with Gasteiger partial charge in [-0.05, 0) is 33.3 Å². The monoisotopic (exact) mass is 234 g/mol. The van der Waals surface area contributed by atoms with Gasteiger partial charge in [0.05, 0.1) is 0 Å². The average molecular weight is 234 g/mol. The SMILES string of the molecule is C=C(C)C=O.CCO[SiH](OCC)OCC. The fourth-order valence-corrected chi connectivity index (χ4v) is 1.66. The minimum Gasteiger partial charge on any atom is -0.376 e. The molecule has 0 spiro atoms. The maximum Gasteiger partial charge on any atom is 0.484 e. The standard InChI is InChI=1S/C6H16O3Si.C4H6O/c1-4-7-10(8-5-2)9-6-3;1-4(2)3-5/h10H,4-6H2,1-3H3;3H,1H2,2H3.